The zero-order valence-electron chi connectivity index (χ0n) is 12.1. The standard InChI is InChI=1S/C15H22ClNO2/c1-5-12(6-2)17(3)10-14(18)11-7-8-15(19-4)13(16)9-11/h7-9,12H,5-6,10H2,1-4H3. The van der Waals surface area contributed by atoms with Crippen molar-refractivity contribution in [3.63, 3.8) is 0 Å². The van der Waals surface area contributed by atoms with Crippen LogP contribution in [0.1, 0.15) is 37.0 Å². The summed E-state index contributed by atoms with van der Waals surface area (Å²) in [5.41, 5.74) is 0.628. The average Bonchev–Trinajstić information content (AvgIpc) is 2.39. The van der Waals surface area contributed by atoms with Crippen molar-refractivity contribution in [3.8, 4) is 5.75 Å². The molecule has 0 heterocycles. The molecule has 106 valence electrons. The molecule has 0 atom stereocenters. The molecule has 0 unspecified atom stereocenters. The van der Waals surface area contributed by atoms with Crippen LogP contribution >= 0.6 is 11.6 Å². The first kappa shape index (κ1) is 16.0. The van der Waals surface area contributed by atoms with Crippen LogP contribution in [0.15, 0.2) is 18.2 Å². The van der Waals surface area contributed by atoms with Gasteiger partial charge in [-0.3, -0.25) is 9.69 Å². The first-order valence-electron chi connectivity index (χ1n) is 6.60. The first-order chi connectivity index (χ1) is 9.03. The molecule has 4 heteroatoms. The Kier molecular flexibility index (Phi) is 6.32. The van der Waals surface area contributed by atoms with Gasteiger partial charge in [0.05, 0.1) is 18.7 Å². The molecule has 0 aliphatic heterocycles. The maximum Gasteiger partial charge on any atom is 0.176 e. The van der Waals surface area contributed by atoms with Crippen LogP contribution in [-0.4, -0.2) is 37.4 Å². The number of halogens is 1. The van der Waals surface area contributed by atoms with Crippen LogP contribution in [0.25, 0.3) is 0 Å². The molecule has 0 bridgehead atoms. The van der Waals surface area contributed by atoms with Gasteiger partial charge in [-0.25, -0.2) is 0 Å². The molecule has 0 saturated heterocycles. The lowest BCUT2D eigenvalue weighted by Crippen LogP contribution is -2.35. The number of carbonyl (C=O) groups excluding carboxylic acids is 1. The van der Waals surface area contributed by atoms with Gasteiger partial charge in [-0.15, -0.1) is 0 Å². The van der Waals surface area contributed by atoms with Crippen LogP contribution < -0.4 is 4.74 Å². The maximum absolute atomic E-state index is 12.2. The fourth-order valence-electron chi connectivity index (χ4n) is 2.20. The van der Waals surface area contributed by atoms with E-state index in [0.29, 0.717) is 28.9 Å². The monoisotopic (exact) mass is 283 g/mol. The minimum Gasteiger partial charge on any atom is -0.495 e. The van der Waals surface area contributed by atoms with E-state index in [4.69, 9.17) is 16.3 Å². The molecule has 0 saturated carbocycles. The van der Waals surface area contributed by atoms with Gasteiger partial charge >= 0.3 is 0 Å². The SMILES string of the molecule is CCC(CC)N(C)CC(=O)c1ccc(OC)c(Cl)c1. The van der Waals surface area contributed by atoms with Crippen molar-refractivity contribution in [2.45, 2.75) is 32.7 Å². The molecular formula is C15H22ClNO2. The number of benzene rings is 1. The number of hydrogen-bond donors (Lipinski definition) is 0. The van der Waals surface area contributed by atoms with Crippen molar-refractivity contribution in [1.29, 1.82) is 0 Å². The van der Waals surface area contributed by atoms with E-state index in [1.165, 1.54) is 0 Å². The van der Waals surface area contributed by atoms with E-state index in [1.807, 2.05) is 7.05 Å². The van der Waals surface area contributed by atoms with Gasteiger partial charge < -0.3 is 4.74 Å². The van der Waals surface area contributed by atoms with E-state index in [-0.39, 0.29) is 5.78 Å². The highest BCUT2D eigenvalue weighted by molar-refractivity contribution is 6.32. The number of methoxy groups -OCH3 is 1. The van der Waals surface area contributed by atoms with Gasteiger partial charge in [0, 0.05) is 11.6 Å². The van der Waals surface area contributed by atoms with E-state index in [9.17, 15) is 4.79 Å². The number of carbonyl (C=O) groups is 1. The summed E-state index contributed by atoms with van der Waals surface area (Å²) in [5, 5.41) is 0.471. The number of Topliss-reactive ketones (excluding diaryl/α,β-unsaturated/α-hetero) is 1. The van der Waals surface area contributed by atoms with Gasteiger partial charge in [-0.1, -0.05) is 25.4 Å². The highest BCUT2D eigenvalue weighted by atomic mass is 35.5. The fourth-order valence-corrected chi connectivity index (χ4v) is 2.46. The molecule has 19 heavy (non-hydrogen) atoms. The Morgan fingerprint density at radius 2 is 2.00 bits per heavy atom. The minimum absolute atomic E-state index is 0.0824. The Bertz CT molecular complexity index is 430. The third kappa shape index (κ3) is 4.22. The molecule has 1 aromatic carbocycles. The van der Waals surface area contributed by atoms with Gasteiger partial charge in [0.2, 0.25) is 0 Å². The Morgan fingerprint density at radius 1 is 1.37 bits per heavy atom. The lowest BCUT2D eigenvalue weighted by molar-refractivity contribution is 0.0915. The highest BCUT2D eigenvalue weighted by Gasteiger charge is 2.16. The van der Waals surface area contributed by atoms with Crippen molar-refractivity contribution in [2.24, 2.45) is 0 Å². The number of likely N-dealkylation sites (N-methyl/N-ethyl adjacent to an activating group) is 1. The molecule has 3 nitrogen and oxygen atoms in total. The van der Waals surface area contributed by atoms with E-state index in [1.54, 1.807) is 25.3 Å². The second-order valence-electron chi connectivity index (χ2n) is 4.66. The van der Waals surface area contributed by atoms with Gasteiger partial charge in [-0.05, 0) is 38.1 Å². The average molecular weight is 284 g/mol. The van der Waals surface area contributed by atoms with Crippen molar-refractivity contribution >= 4 is 17.4 Å². The molecule has 0 spiro atoms. The summed E-state index contributed by atoms with van der Waals surface area (Å²) in [6.45, 7) is 4.69. The fraction of sp³-hybridized carbons (Fsp3) is 0.533. The summed E-state index contributed by atoms with van der Waals surface area (Å²) in [7, 11) is 3.55. The van der Waals surface area contributed by atoms with Crippen LogP contribution in [0.4, 0.5) is 0 Å². The Balaban J connectivity index is 2.75. The van der Waals surface area contributed by atoms with Gasteiger partial charge in [0.15, 0.2) is 5.78 Å². The normalized spacial score (nSPS) is 11.1. The molecule has 1 aromatic rings. The van der Waals surface area contributed by atoms with E-state index in [2.05, 4.69) is 18.7 Å². The molecular weight excluding hydrogens is 262 g/mol. The number of ether oxygens (including phenoxy) is 1. The molecule has 1 rings (SSSR count). The Morgan fingerprint density at radius 3 is 2.47 bits per heavy atom. The second-order valence-corrected chi connectivity index (χ2v) is 5.07. The molecule has 0 amide bonds. The third-order valence-corrected chi connectivity index (χ3v) is 3.73. The summed E-state index contributed by atoms with van der Waals surface area (Å²) in [6.07, 6.45) is 2.09. The van der Waals surface area contributed by atoms with Gasteiger partial charge in [0.1, 0.15) is 5.75 Å². The summed E-state index contributed by atoms with van der Waals surface area (Å²) in [5.74, 6) is 0.672. The third-order valence-electron chi connectivity index (χ3n) is 3.43. The zero-order chi connectivity index (χ0) is 14.4. The minimum atomic E-state index is 0.0824. The van der Waals surface area contributed by atoms with Crippen molar-refractivity contribution < 1.29 is 9.53 Å². The van der Waals surface area contributed by atoms with Crippen molar-refractivity contribution in [1.82, 2.24) is 4.90 Å². The van der Waals surface area contributed by atoms with Crippen LogP contribution in [0.5, 0.6) is 5.75 Å². The summed E-state index contributed by atoms with van der Waals surface area (Å²) in [4.78, 5) is 14.3. The first-order valence-corrected chi connectivity index (χ1v) is 6.98. The lowest BCUT2D eigenvalue weighted by atomic mass is 10.1. The molecule has 0 aliphatic rings. The summed E-state index contributed by atoms with van der Waals surface area (Å²) >= 11 is 6.04. The topological polar surface area (TPSA) is 29.5 Å². The van der Waals surface area contributed by atoms with Crippen LogP contribution in [0, 0.1) is 0 Å². The van der Waals surface area contributed by atoms with Gasteiger partial charge in [0.25, 0.3) is 0 Å². The number of nitrogens with zero attached hydrogens (tertiary/aromatic N) is 1. The highest BCUT2D eigenvalue weighted by Crippen LogP contribution is 2.25. The quantitative estimate of drug-likeness (QED) is 0.716. The van der Waals surface area contributed by atoms with E-state index >= 15 is 0 Å². The number of rotatable bonds is 7. The molecule has 0 N–H and O–H groups in total. The number of hydrogen-bond acceptors (Lipinski definition) is 3. The van der Waals surface area contributed by atoms with Crippen LogP contribution in [0.3, 0.4) is 0 Å². The maximum atomic E-state index is 12.2. The number of ketones is 1. The predicted molar refractivity (Wildman–Crippen MR) is 79.3 cm³/mol. The lowest BCUT2D eigenvalue weighted by Gasteiger charge is -2.25. The van der Waals surface area contributed by atoms with E-state index < -0.39 is 0 Å². The zero-order valence-corrected chi connectivity index (χ0v) is 12.8. The van der Waals surface area contributed by atoms with Gasteiger partial charge in [-0.2, -0.15) is 0 Å². The molecule has 0 radical (unpaired) electrons. The largest absolute Gasteiger partial charge is 0.495 e. The summed E-state index contributed by atoms with van der Waals surface area (Å²) in [6, 6.07) is 5.60. The Labute approximate surface area is 120 Å². The van der Waals surface area contributed by atoms with E-state index in [0.717, 1.165) is 12.8 Å². The van der Waals surface area contributed by atoms with Crippen LogP contribution in [0.2, 0.25) is 5.02 Å². The Hall–Kier alpha value is -1.06. The molecule has 0 aliphatic carbocycles. The predicted octanol–water partition coefficient (Wildman–Crippen LogP) is 3.65. The smallest absolute Gasteiger partial charge is 0.176 e. The van der Waals surface area contributed by atoms with Crippen LogP contribution in [-0.2, 0) is 0 Å². The molecule has 0 aromatic heterocycles. The van der Waals surface area contributed by atoms with Crippen molar-refractivity contribution in [3.05, 3.63) is 28.8 Å². The summed E-state index contributed by atoms with van der Waals surface area (Å²) < 4.78 is 5.08. The second kappa shape index (κ2) is 7.51. The molecule has 0 fully saturated rings. The van der Waals surface area contributed by atoms with Crippen molar-refractivity contribution in [2.75, 3.05) is 20.7 Å².